The average Bonchev–Trinajstić information content (AvgIpc) is 2.77. The zero-order chi connectivity index (χ0) is 22.5. The Morgan fingerprint density at radius 2 is 1.61 bits per heavy atom. The topological polar surface area (TPSA) is 23.8 Å². The molecule has 2 aromatic rings. The van der Waals surface area contributed by atoms with E-state index in [-0.39, 0.29) is 17.3 Å². The Morgan fingerprint density at radius 1 is 0.968 bits per heavy atom. The van der Waals surface area contributed by atoms with Crippen LogP contribution in [0.3, 0.4) is 0 Å². The minimum atomic E-state index is -1.54. The number of hydrogen-bond acceptors (Lipinski definition) is 2. The van der Waals surface area contributed by atoms with Crippen molar-refractivity contribution in [2.75, 3.05) is 0 Å². The van der Waals surface area contributed by atoms with E-state index in [2.05, 4.69) is 6.92 Å². The summed E-state index contributed by atoms with van der Waals surface area (Å²) in [6.07, 6.45) is 9.63. The number of unbranched alkanes of at least 4 members (excludes halogenated alkanes) is 2. The lowest BCUT2D eigenvalue weighted by atomic mass is 9.76. The van der Waals surface area contributed by atoms with Crippen molar-refractivity contribution in [1.82, 2.24) is 0 Å². The van der Waals surface area contributed by atoms with Crippen molar-refractivity contribution in [2.45, 2.75) is 76.0 Å². The number of nitriles is 1. The standard InChI is InChI=1S/C25H27F4NS/c1-3-4-5-6-16-7-9-17(10-8-16)18-11-12-19(15(2)13-18)20-21(26)23(28)25(31-14-30)24(29)22(20)27/h11-13,16-17H,3-10H2,1-2H3. The highest BCUT2D eigenvalue weighted by atomic mass is 32.2. The van der Waals surface area contributed by atoms with Crippen molar-refractivity contribution in [3.8, 4) is 16.5 Å². The molecule has 1 fully saturated rings. The molecular weight excluding hydrogens is 422 g/mol. The summed E-state index contributed by atoms with van der Waals surface area (Å²) in [4.78, 5) is -0.953. The maximum Gasteiger partial charge on any atom is 0.177 e. The molecule has 0 N–H and O–H groups in total. The van der Waals surface area contributed by atoms with Crippen LogP contribution in [-0.2, 0) is 0 Å². The third kappa shape index (κ3) is 5.09. The highest BCUT2D eigenvalue weighted by Gasteiger charge is 2.28. The third-order valence-corrected chi connectivity index (χ3v) is 7.08. The molecule has 0 radical (unpaired) electrons. The molecule has 2 aromatic carbocycles. The van der Waals surface area contributed by atoms with Gasteiger partial charge in [0.1, 0.15) is 5.40 Å². The van der Waals surface area contributed by atoms with Crippen LogP contribution in [0.5, 0.6) is 0 Å². The Bertz CT molecular complexity index is 945. The first-order valence-electron chi connectivity index (χ1n) is 10.9. The molecule has 166 valence electrons. The van der Waals surface area contributed by atoms with Gasteiger partial charge in [-0.15, -0.1) is 0 Å². The third-order valence-electron chi connectivity index (χ3n) is 6.42. The SMILES string of the molecule is CCCCCC1CCC(c2ccc(-c3c(F)c(F)c(SC#N)c(F)c3F)c(C)c2)CC1. The van der Waals surface area contributed by atoms with Crippen LogP contribution in [0.15, 0.2) is 23.1 Å². The average molecular weight is 450 g/mol. The van der Waals surface area contributed by atoms with Crippen LogP contribution in [0.2, 0.25) is 0 Å². The van der Waals surface area contributed by atoms with Gasteiger partial charge in [0, 0.05) is 0 Å². The molecule has 0 aromatic heterocycles. The largest absolute Gasteiger partial charge is 0.203 e. The Kier molecular flexibility index (Phi) is 8.05. The molecule has 1 aliphatic rings. The van der Waals surface area contributed by atoms with E-state index in [0.717, 1.165) is 24.3 Å². The number of rotatable bonds is 7. The molecule has 0 amide bonds. The Morgan fingerprint density at radius 3 is 2.16 bits per heavy atom. The van der Waals surface area contributed by atoms with Gasteiger partial charge in [0.25, 0.3) is 0 Å². The zero-order valence-corrected chi connectivity index (χ0v) is 18.7. The van der Waals surface area contributed by atoms with Gasteiger partial charge in [0.15, 0.2) is 23.3 Å². The van der Waals surface area contributed by atoms with Crippen LogP contribution in [0.25, 0.3) is 11.1 Å². The van der Waals surface area contributed by atoms with Gasteiger partial charge in [-0.2, -0.15) is 5.26 Å². The van der Waals surface area contributed by atoms with Crippen LogP contribution >= 0.6 is 11.8 Å². The fourth-order valence-electron chi connectivity index (χ4n) is 4.67. The minimum Gasteiger partial charge on any atom is -0.203 e. The summed E-state index contributed by atoms with van der Waals surface area (Å²) < 4.78 is 57.8. The molecule has 0 spiro atoms. The van der Waals surface area contributed by atoms with Gasteiger partial charge in [0.05, 0.1) is 10.5 Å². The normalized spacial score (nSPS) is 18.7. The Hall–Kier alpha value is -2.00. The number of benzene rings is 2. The summed E-state index contributed by atoms with van der Waals surface area (Å²) >= 11 is 0.0678. The van der Waals surface area contributed by atoms with Crippen molar-refractivity contribution in [3.05, 3.63) is 52.6 Å². The van der Waals surface area contributed by atoms with E-state index in [9.17, 15) is 17.6 Å². The molecular formula is C25H27F4NS. The first-order valence-corrected chi connectivity index (χ1v) is 11.7. The van der Waals surface area contributed by atoms with Gasteiger partial charge in [-0.05, 0) is 72.9 Å². The van der Waals surface area contributed by atoms with Gasteiger partial charge in [0.2, 0.25) is 0 Å². The monoisotopic (exact) mass is 449 g/mol. The number of thiocyanates is 1. The molecule has 0 heterocycles. The number of thioether (sulfide) groups is 1. The van der Waals surface area contributed by atoms with Crippen molar-refractivity contribution in [2.24, 2.45) is 5.92 Å². The molecule has 3 rings (SSSR count). The van der Waals surface area contributed by atoms with Crippen LogP contribution in [0.1, 0.15) is 75.3 Å². The quantitative estimate of drug-likeness (QED) is 0.139. The van der Waals surface area contributed by atoms with Crippen LogP contribution in [0, 0.1) is 46.8 Å². The van der Waals surface area contributed by atoms with Gasteiger partial charge < -0.3 is 0 Å². The first-order chi connectivity index (χ1) is 14.9. The van der Waals surface area contributed by atoms with E-state index in [4.69, 9.17) is 5.26 Å². The number of halogens is 4. The molecule has 0 aliphatic heterocycles. The van der Waals surface area contributed by atoms with Crippen molar-refractivity contribution >= 4 is 11.8 Å². The van der Waals surface area contributed by atoms with Crippen LogP contribution in [0.4, 0.5) is 17.6 Å². The number of nitrogens with zero attached hydrogens (tertiary/aromatic N) is 1. The molecule has 0 unspecified atom stereocenters. The number of aryl methyl sites for hydroxylation is 1. The Balaban J connectivity index is 1.82. The molecule has 1 aliphatic carbocycles. The minimum absolute atomic E-state index is 0.0678. The maximum absolute atomic E-state index is 14.6. The second-order valence-corrected chi connectivity index (χ2v) is 9.24. The summed E-state index contributed by atoms with van der Waals surface area (Å²) in [5.41, 5.74) is 1.07. The van der Waals surface area contributed by atoms with Crippen LogP contribution < -0.4 is 0 Å². The fourth-order valence-corrected chi connectivity index (χ4v) is 5.12. The highest BCUT2D eigenvalue weighted by molar-refractivity contribution is 8.03. The predicted molar refractivity (Wildman–Crippen MR) is 117 cm³/mol. The van der Waals surface area contributed by atoms with Crippen molar-refractivity contribution < 1.29 is 17.6 Å². The number of hydrogen-bond donors (Lipinski definition) is 0. The van der Waals surface area contributed by atoms with Gasteiger partial charge in [-0.3, -0.25) is 0 Å². The lowest BCUT2D eigenvalue weighted by molar-refractivity contribution is 0.303. The van der Waals surface area contributed by atoms with E-state index in [1.807, 2.05) is 12.1 Å². The molecule has 0 saturated heterocycles. The second kappa shape index (κ2) is 10.5. The van der Waals surface area contributed by atoms with Crippen molar-refractivity contribution in [3.63, 3.8) is 0 Å². The first kappa shape index (κ1) is 23.7. The molecule has 0 bridgehead atoms. The predicted octanol–water partition coefficient (Wildman–Crippen LogP) is 8.65. The zero-order valence-electron chi connectivity index (χ0n) is 17.9. The van der Waals surface area contributed by atoms with E-state index < -0.39 is 33.7 Å². The van der Waals surface area contributed by atoms with E-state index >= 15 is 0 Å². The van der Waals surface area contributed by atoms with E-state index in [0.29, 0.717) is 11.5 Å². The maximum atomic E-state index is 14.6. The molecule has 0 atom stereocenters. The van der Waals surface area contributed by atoms with E-state index in [1.54, 1.807) is 13.0 Å². The smallest absolute Gasteiger partial charge is 0.177 e. The summed E-state index contributed by atoms with van der Waals surface area (Å²) in [7, 11) is 0. The highest BCUT2D eigenvalue weighted by Crippen LogP contribution is 2.41. The van der Waals surface area contributed by atoms with Crippen LogP contribution in [-0.4, -0.2) is 0 Å². The van der Waals surface area contributed by atoms with E-state index in [1.165, 1.54) is 43.9 Å². The molecule has 1 nitrogen and oxygen atoms in total. The molecule has 1 saturated carbocycles. The lowest BCUT2D eigenvalue weighted by Gasteiger charge is -2.29. The molecule has 31 heavy (non-hydrogen) atoms. The molecule has 6 heteroatoms. The summed E-state index contributed by atoms with van der Waals surface area (Å²) in [5, 5.41) is 10.1. The lowest BCUT2D eigenvalue weighted by Crippen LogP contribution is -2.13. The van der Waals surface area contributed by atoms with Gasteiger partial charge in [-0.25, -0.2) is 17.6 Å². The summed E-state index contributed by atoms with van der Waals surface area (Å²) in [6, 6.07) is 5.25. The van der Waals surface area contributed by atoms with Gasteiger partial charge >= 0.3 is 0 Å². The van der Waals surface area contributed by atoms with Gasteiger partial charge in [-0.1, -0.05) is 50.8 Å². The Labute approximate surface area is 185 Å². The summed E-state index contributed by atoms with van der Waals surface area (Å²) in [5.74, 6) is -4.84. The fraction of sp³-hybridized carbons (Fsp3) is 0.480. The van der Waals surface area contributed by atoms with Crippen molar-refractivity contribution in [1.29, 1.82) is 5.26 Å². The summed E-state index contributed by atoms with van der Waals surface area (Å²) in [6.45, 7) is 3.91. The second-order valence-electron chi connectivity index (χ2n) is 8.44.